The molecule has 0 aromatic heterocycles. The van der Waals surface area contributed by atoms with Gasteiger partial charge in [0.25, 0.3) is 5.91 Å². The van der Waals surface area contributed by atoms with Crippen LogP contribution < -0.4 is 5.32 Å². The maximum atomic E-state index is 12.2. The Morgan fingerprint density at radius 1 is 0.889 bits per heavy atom. The van der Waals surface area contributed by atoms with E-state index in [1.54, 1.807) is 0 Å². The highest BCUT2D eigenvalue weighted by Crippen LogP contribution is 2.12. The van der Waals surface area contributed by atoms with Gasteiger partial charge in [-0.3, -0.25) is 9.59 Å². The molecule has 1 fully saturated rings. The van der Waals surface area contributed by atoms with Gasteiger partial charge < -0.3 is 10.2 Å². The van der Waals surface area contributed by atoms with Crippen molar-refractivity contribution in [2.24, 2.45) is 0 Å². The molecule has 5 heteroatoms. The number of amides is 2. The average molecular weight is 383 g/mol. The van der Waals surface area contributed by atoms with Crippen LogP contribution in [0.1, 0.15) is 27.9 Å². The number of thioether (sulfide) groups is 1. The molecule has 1 aliphatic rings. The number of nitrogens with one attached hydrogen (secondary N) is 1. The number of carbonyl (C=O) groups is 2. The van der Waals surface area contributed by atoms with Gasteiger partial charge in [-0.25, -0.2) is 0 Å². The number of hydrogen-bond donors (Lipinski definition) is 1. The minimum Gasteiger partial charge on any atom is -0.352 e. The lowest BCUT2D eigenvalue weighted by Crippen LogP contribution is -2.37. The molecule has 27 heavy (non-hydrogen) atoms. The molecule has 2 amide bonds. The minimum atomic E-state index is -0.0400. The van der Waals surface area contributed by atoms with E-state index in [0.29, 0.717) is 18.5 Å². The first kappa shape index (κ1) is 19.5. The molecule has 142 valence electrons. The Morgan fingerprint density at radius 3 is 2.19 bits per heavy atom. The van der Waals surface area contributed by atoms with Gasteiger partial charge in [-0.2, -0.15) is 11.8 Å². The number of aryl methyl sites for hydroxylation is 1. The van der Waals surface area contributed by atoms with Gasteiger partial charge in [0, 0.05) is 43.1 Å². The van der Waals surface area contributed by atoms with Gasteiger partial charge >= 0.3 is 0 Å². The summed E-state index contributed by atoms with van der Waals surface area (Å²) >= 11 is 1.92. The normalized spacial score (nSPS) is 14.0. The topological polar surface area (TPSA) is 49.4 Å². The first-order valence-corrected chi connectivity index (χ1v) is 10.6. The molecule has 2 aromatic rings. The van der Waals surface area contributed by atoms with Crippen molar-refractivity contribution in [2.75, 3.05) is 31.1 Å². The van der Waals surface area contributed by atoms with Gasteiger partial charge in [0.15, 0.2) is 0 Å². The Morgan fingerprint density at radius 2 is 1.52 bits per heavy atom. The molecule has 0 aliphatic carbocycles. The van der Waals surface area contributed by atoms with Gasteiger partial charge in [0.1, 0.15) is 0 Å². The maximum Gasteiger partial charge on any atom is 0.251 e. The van der Waals surface area contributed by atoms with Crippen molar-refractivity contribution in [3.8, 4) is 0 Å². The fourth-order valence-electron chi connectivity index (χ4n) is 3.11. The third kappa shape index (κ3) is 6.14. The first-order valence-electron chi connectivity index (χ1n) is 9.49. The van der Waals surface area contributed by atoms with Gasteiger partial charge in [0.05, 0.1) is 0 Å². The van der Waals surface area contributed by atoms with E-state index in [2.05, 4.69) is 29.6 Å². The zero-order valence-corrected chi connectivity index (χ0v) is 16.3. The lowest BCUT2D eigenvalue weighted by molar-refractivity contribution is -0.130. The highest BCUT2D eigenvalue weighted by molar-refractivity contribution is 7.99. The zero-order chi connectivity index (χ0) is 18.9. The van der Waals surface area contributed by atoms with Crippen molar-refractivity contribution in [2.45, 2.75) is 19.3 Å². The quantitative estimate of drug-likeness (QED) is 0.800. The summed E-state index contributed by atoms with van der Waals surface area (Å²) in [5.74, 6) is 2.34. The lowest BCUT2D eigenvalue weighted by atomic mass is 10.1. The van der Waals surface area contributed by atoms with Crippen LogP contribution >= 0.6 is 11.8 Å². The third-order valence-corrected chi connectivity index (χ3v) is 5.69. The van der Waals surface area contributed by atoms with Crippen molar-refractivity contribution < 1.29 is 9.59 Å². The summed E-state index contributed by atoms with van der Waals surface area (Å²) in [7, 11) is 0. The van der Waals surface area contributed by atoms with Crippen LogP contribution in [0.2, 0.25) is 0 Å². The standard InChI is InChI=1S/C22H26N2O2S/c25-21(24-14-16-27-17-15-24)11-10-18-6-8-19(9-7-18)12-13-23-22(26)20-4-2-1-3-5-20/h1-9H,10-17H2,(H,23,26). The molecule has 0 spiro atoms. The summed E-state index contributed by atoms with van der Waals surface area (Å²) in [5, 5.41) is 2.95. The van der Waals surface area contributed by atoms with Crippen LogP contribution in [0.5, 0.6) is 0 Å². The van der Waals surface area contributed by atoms with Crippen LogP contribution in [0, 0.1) is 0 Å². The Bertz CT molecular complexity index is 741. The summed E-state index contributed by atoms with van der Waals surface area (Å²) in [6.07, 6.45) is 2.16. The molecule has 0 saturated carbocycles. The zero-order valence-electron chi connectivity index (χ0n) is 15.5. The summed E-state index contributed by atoms with van der Waals surface area (Å²) in [6.45, 7) is 2.38. The predicted octanol–water partition coefficient (Wildman–Crippen LogP) is 3.17. The van der Waals surface area contributed by atoms with Crippen LogP contribution in [0.4, 0.5) is 0 Å². The van der Waals surface area contributed by atoms with Crippen LogP contribution in [0.3, 0.4) is 0 Å². The van der Waals surface area contributed by atoms with E-state index in [-0.39, 0.29) is 11.8 Å². The number of hydrogen-bond acceptors (Lipinski definition) is 3. The Balaban J connectivity index is 1.39. The molecule has 0 unspecified atom stereocenters. The molecule has 3 rings (SSSR count). The van der Waals surface area contributed by atoms with E-state index < -0.39 is 0 Å². The maximum absolute atomic E-state index is 12.2. The Hall–Kier alpha value is -2.27. The second kappa shape index (κ2) is 10.2. The number of benzene rings is 2. The minimum absolute atomic E-state index is 0.0400. The molecule has 0 atom stereocenters. The molecule has 2 aromatic carbocycles. The molecule has 1 aliphatic heterocycles. The third-order valence-electron chi connectivity index (χ3n) is 4.75. The predicted molar refractivity (Wildman–Crippen MR) is 111 cm³/mol. The van der Waals surface area contributed by atoms with Crippen molar-refractivity contribution in [3.63, 3.8) is 0 Å². The summed E-state index contributed by atoms with van der Waals surface area (Å²) < 4.78 is 0. The van der Waals surface area contributed by atoms with Crippen LogP contribution in [-0.4, -0.2) is 47.9 Å². The smallest absolute Gasteiger partial charge is 0.251 e. The highest BCUT2D eigenvalue weighted by Gasteiger charge is 2.16. The lowest BCUT2D eigenvalue weighted by Gasteiger charge is -2.26. The molecule has 0 bridgehead atoms. The van der Waals surface area contributed by atoms with Crippen LogP contribution in [-0.2, 0) is 17.6 Å². The number of nitrogens with zero attached hydrogens (tertiary/aromatic N) is 1. The summed E-state index contributed by atoms with van der Waals surface area (Å²) in [5.41, 5.74) is 3.06. The SMILES string of the molecule is O=C(NCCc1ccc(CCC(=O)N2CCSCC2)cc1)c1ccccc1. The molecule has 1 heterocycles. The fraction of sp³-hybridized carbons (Fsp3) is 0.364. The second-order valence-electron chi connectivity index (χ2n) is 6.68. The Kier molecular flexibility index (Phi) is 7.34. The fourth-order valence-corrected chi connectivity index (χ4v) is 4.01. The molecular weight excluding hydrogens is 356 g/mol. The largest absolute Gasteiger partial charge is 0.352 e. The number of carbonyl (C=O) groups excluding carboxylic acids is 2. The van der Waals surface area contributed by atoms with E-state index in [4.69, 9.17) is 0 Å². The van der Waals surface area contributed by atoms with Crippen molar-refractivity contribution in [1.29, 1.82) is 0 Å². The van der Waals surface area contributed by atoms with Gasteiger partial charge in [-0.05, 0) is 36.1 Å². The first-order chi connectivity index (χ1) is 13.2. The van der Waals surface area contributed by atoms with Crippen molar-refractivity contribution in [3.05, 3.63) is 71.3 Å². The van der Waals surface area contributed by atoms with E-state index in [1.807, 2.05) is 47.0 Å². The van der Waals surface area contributed by atoms with Crippen LogP contribution in [0.25, 0.3) is 0 Å². The second-order valence-corrected chi connectivity index (χ2v) is 7.91. The Labute approximate surface area is 165 Å². The molecule has 0 radical (unpaired) electrons. The van der Waals surface area contributed by atoms with Gasteiger partial charge in [-0.1, -0.05) is 42.5 Å². The molecular formula is C22H26N2O2S. The van der Waals surface area contributed by atoms with Gasteiger partial charge in [-0.15, -0.1) is 0 Å². The molecule has 1 N–H and O–H groups in total. The van der Waals surface area contributed by atoms with Gasteiger partial charge in [0.2, 0.25) is 5.91 Å². The van der Waals surface area contributed by atoms with E-state index in [0.717, 1.165) is 37.4 Å². The summed E-state index contributed by atoms with van der Waals surface area (Å²) in [4.78, 5) is 26.2. The highest BCUT2D eigenvalue weighted by atomic mass is 32.2. The average Bonchev–Trinajstić information content (AvgIpc) is 2.74. The number of rotatable bonds is 7. The van der Waals surface area contributed by atoms with E-state index >= 15 is 0 Å². The van der Waals surface area contributed by atoms with Crippen LogP contribution in [0.15, 0.2) is 54.6 Å². The summed E-state index contributed by atoms with van der Waals surface area (Å²) in [6, 6.07) is 17.6. The van der Waals surface area contributed by atoms with Crippen molar-refractivity contribution >= 4 is 23.6 Å². The molecule has 4 nitrogen and oxygen atoms in total. The van der Waals surface area contributed by atoms with E-state index in [1.165, 1.54) is 11.1 Å². The molecule has 1 saturated heterocycles. The van der Waals surface area contributed by atoms with Crippen molar-refractivity contribution in [1.82, 2.24) is 10.2 Å². The van der Waals surface area contributed by atoms with E-state index in [9.17, 15) is 9.59 Å². The monoisotopic (exact) mass is 382 g/mol.